The molecule has 6 nitrogen and oxygen atoms in total. The molecule has 1 heterocycles. The first kappa shape index (κ1) is 20.9. The van der Waals surface area contributed by atoms with Crippen molar-refractivity contribution in [1.82, 2.24) is 10.2 Å². The van der Waals surface area contributed by atoms with Crippen molar-refractivity contribution < 1.29 is 14.4 Å². The molecule has 0 saturated carbocycles. The lowest BCUT2D eigenvalue weighted by Gasteiger charge is -2.25. The highest BCUT2D eigenvalue weighted by Crippen LogP contribution is 2.31. The number of imide groups is 1. The highest BCUT2D eigenvalue weighted by Gasteiger charge is 2.49. The molecule has 1 aliphatic rings. The second kappa shape index (κ2) is 8.04. The van der Waals surface area contributed by atoms with Crippen molar-refractivity contribution in [2.75, 3.05) is 18.0 Å². The number of fused-ring (bicyclic) bond motifs is 1. The minimum atomic E-state index is -1.25. The lowest BCUT2D eigenvalue weighted by atomic mass is 9.92. The van der Waals surface area contributed by atoms with E-state index in [0.717, 1.165) is 21.4 Å². The highest BCUT2D eigenvalue weighted by molar-refractivity contribution is 6.30. The SMILES string of the molecule is CCN(C(=O)CN1C(=O)NC(C)(c2ccc(Cl)cc2)C1=O)c1cccc2ccccc12. The molecule has 0 aliphatic carbocycles. The molecule has 1 unspecified atom stereocenters. The average Bonchev–Trinajstić information content (AvgIpc) is 2.98. The van der Waals surface area contributed by atoms with Crippen molar-refractivity contribution in [1.29, 1.82) is 0 Å². The minimum absolute atomic E-state index is 0.331. The van der Waals surface area contributed by atoms with Gasteiger partial charge in [-0.1, -0.05) is 60.1 Å². The van der Waals surface area contributed by atoms with Crippen molar-refractivity contribution in [3.8, 4) is 0 Å². The number of benzene rings is 3. The number of carbonyl (C=O) groups is 3. The Labute approximate surface area is 185 Å². The van der Waals surface area contributed by atoms with Gasteiger partial charge in [0.15, 0.2) is 0 Å². The predicted molar refractivity (Wildman–Crippen MR) is 121 cm³/mol. The molecule has 0 aromatic heterocycles. The van der Waals surface area contributed by atoms with Gasteiger partial charge in [0.2, 0.25) is 5.91 Å². The van der Waals surface area contributed by atoms with Gasteiger partial charge in [0.25, 0.3) is 5.91 Å². The first-order chi connectivity index (χ1) is 14.8. The standard InChI is InChI=1S/C24H22ClN3O3/c1-3-27(20-10-6-8-16-7-4-5-9-19(16)20)21(29)15-28-22(30)24(2,26-23(28)31)17-11-13-18(25)14-12-17/h4-14H,3,15H2,1-2H3,(H,26,31). The zero-order chi connectivity index (χ0) is 22.2. The third-order valence-corrected chi connectivity index (χ3v) is 5.92. The Kier molecular flexibility index (Phi) is 5.41. The summed E-state index contributed by atoms with van der Waals surface area (Å²) in [6.45, 7) is 3.56. The van der Waals surface area contributed by atoms with Crippen LogP contribution in [0.1, 0.15) is 19.4 Å². The first-order valence-electron chi connectivity index (χ1n) is 10.0. The predicted octanol–water partition coefficient (Wildman–Crippen LogP) is 4.31. The van der Waals surface area contributed by atoms with E-state index in [4.69, 9.17) is 11.6 Å². The molecule has 3 aromatic rings. The summed E-state index contributed by atoms with van der Waals surface area (Å²) in [6, 6.07) is 19.6. The van der Waals surface area contributed by atoms with Crippen molar-refractivity contribution in [3.05, 3.63) is 77.3 Å². The Hall–Kier alpha value is -3.38. The maximum Gasteiger partial charge on any atom is 0.325 e. The van der Waals surface area contributed by atoms with Crippen LogP contribution in [0.15, 0.2) is 66.7 Å². The van der Waals surface area contributed by atoms with Gasteiger partial charge < -0.3 is 10.2 Å². The van der Waals surface area contributed by atoms with Crippen molar-refractivity contribution in [2.45, 2.75) is 19.4 Å². The zero-order valence-corrected chi connectivity index (χ0v) is 18.0. The molecule has 7 heteroatoms. The molecule has 1 fully saturated rings. The number of anilines is 1. The molecule has 0 bridgehead atoms. The fraction of sp³-hybridized carbons (Fsp3) is 0.208. The van der Waals surface area contributed by atoms with Crippen LogP contribution in [0.2, 0.25) is 5.02 Å². The van der Waals surface area contributed by atoms with Crippen LogP contribution in [-0.4, -0.2) is 35.8 Å². The lowest BCUT2D eigenvalue weighted by Crippen LogP contribution is -2.44. The molecule has 1 N–H and O–H groups in total. The molecule has 0 radical (unpaired) electrons. The fourth-order valence-electron chi connectivity index (χ4n) is 3.96. The van der Waals surface area contributed by atoms with Gasteiger partial charge in [-0.05, 0) is 43.0 Å². The van der Waals surface area contributed by atoms with Crippen LogP contribution in [0.3, 0.4) is 0 Å². The summed E-state index contributed by atoms with van der Waals surface area (Å²) < 4.78 is 0. The van der Waals surface area contributed by atoms with E-state index >= 15 is 0 Å². The summed E-state index contributed by atoms with van der Waals surface area (Å²) in [5, 5.41) is 5.20. The van der Waals surface area contributed by atoms with Gasteiger partial charge in [0.05, 0.1) is 5.69 Å². The van der Waals surface area contributed by atoms with Gasteiger partial charge in [-0.15, -0.1) is 0 Å². The van der Waals surface area contributed by atoms with Gasteiger partial charge in [0.1, 0.15) is 12.1 Å². The molecular weight excluding hydrogens is 414 g/mol. The van der Waals surface area contributed by atoms with E-state index in [1.54, 1.807) is 36.1 Å². The van der Waals surface area contributed by atoms with E-state index < -0.39 is 17.5 Å². The van der Waals surface area contributed by atoms with Gasteiger partial charge >= 0.3 is 6.03 Å². The number of nitrogens with zero attached hydrogens (tertiary/aromatic N) is 2. The second-order valence-corrected chi connectivity index (χ2v) is 8.03. The Bertz CT molecular complexity index is 1170. The van der Waals surface area contributed by atoms with Crippen LogP contribution in [0.5, 0.6) is 0 Å². The summed E-state index contributed by atoms with van der Waals surface area (Å²) in [7, 11) is 0. The molecule has 31 heavy (non-hydrogen) atoms. The topological polar surface area (TPSA) is 69.7 Å². The summed E-state index contributed by atoms with van der Waals surface area (Å²) in [4.78, 5) is 41.6. The number of hydrogen-bond donors (Lipinski definition) is 1. The van der Waals surface area contributed by atoms with Gasteiger partial charge in [-0.3, -0.25) is 14.5 Å². The maximum atomic E-state index is 13.2. The maximum absolute atomic E-state index is 13.2. The van der Waals surface area contributed by atoms with E-state index in [9.17, 15) is 14.4 Å². The number of amides is 4. The fourth-order valence-corrected chi connectivity index (χ4v) is 4.09. The monoisotopic (exact) mass is 435 g/mol. The highest BCUT2D eigenvalue weighted by atomic mass is 35.5. The van der Waals surface area contributed by atoms with E-state index in [0.29, 0.717) is 17.1 Å². The van der Waals surface area contributed by atoms with Crippen molar-refractivity contribution in [3.63, 3.8) is 0 Å². The quantitative estimate of drug-likeness (QED) is 0.607. The number of likely N-dealkylation sites (N-methyl/N-ethyl adjacent to an activating group) is 1. The van der Waals surface area contributed by atoms with Crippen LogP contribution in [0, 0.1) is 0 Å². The molecule has 158 valence electrons. The van der Waals surface area contributed by atoms with Gasteiger partial charge in [0, 0.05) is 17.0 Å². The Morgan fingerprint density at radius 2 is 1.71 bits per heavy atom. The molecule has 1 atom stereocenters. The van der Waals surface area contributed by atoms with Crippen LogP contribution in [0.4, 0.5) is 10.5 Å². The minimum Gasteiger partial charge on any atom is -0.319 e. The molecule has 1 saturated heterocycles. The van der Waals surface area contributed by atoms with Gasteiger partial charge in [-0.2, -0.15) is 0 Å². The Morgan fingerprint density at radius 3 is 2.42 bits per heavy atom. The zero-order valence-electron chi connectivity index (χ0n) is 17.3. The van der Waals surface area contributed by atoms with E-state index in [1.807, 2.05) is 49.4 Å². The summed E-state index contributed by atoms with van der Waals surface area (Å²) in [5.74, 6) is -0.801. The molecule has 4 rings (SSSR count). The molecule has 4 amide bonds. The number of carbonyl (C=O) groups excluding carboxylic acids is 3. The molecule has 3 aromatic carbocycles. The van der Waals surface area contributed by atoms with Crippen LogP contribution < -0.4 is 10.2 Å². The second-order valence-electron chi connectivity index (χ2n) is 7.59. The molecular formula is C24H22ClN3O3. The number of rotatable bonds is 5. The Balaban J connectivity index is 1.60. The van der Waals surface area contributed by atoms with Crippen molar-refractivity contribution >= 4 is 45.9 Å². The van der Waals surface area contributed by atoms with E-state index in [2.05, 4.69) is 5.32 Å². The molecule has 0 spiro atoms. The summed E-state index contributed by atoms with van der Waals surface area (Å²) in [6.07, 6.45) is 0. The number of urea groups is 1. The van der Waals surface area contributed by atoms with Gasteiger partial charge in [-0.25, -0.2) is 4.79 Å². The van der Waals surface area contributed by atoms with Crippen LogP contribution in [-0.2, 0) is 15.1 Å². The number of hydrogen-bond acceptors (Lipinski definition) is 3. The van der Waals surface area contributed by atoms with E-state index in [1.165, 1.54) is 0 Å². The first-order valence-corrected chi connectivity index (χ1v) is 10.4. The smallest absolute Gasteiger partial charge is 0.319 e. The Morgan fingerprint density at radius 1 is 1.03 bits per heavy atom. The average molecular weight is 436 g/mol. The number of nitrogens with one attached hydrogen (secondary N) is 1. The van der Waals surface area contributed by atoms with E-state index in [-0.39, 0.29) is 12.5 Å². The lowest BCUT2D eigenvalue weighted by molar-refractivity contribution is -0.134. The summed E-state index contributed by atoms with van der Waals surface area (Å²) in [5.41, 5.74) is 0.100. The van der Waals surface area contributed by atoms with Crippen molar-refractivity contribution in [2.24, 2.45) is 0 Å². The number of halogens is 1. The van der Waals surface area contributed by atoms with Crippen LogP contribution in [0.25, 0.3) is 10.8 Å². The third-order valence-electron chi connectivity index (χ3n) is 5.66. The largest absolute Gasteiger partial charge is 0.325 e. The molecule has 1 aliphatic heterocycles. The summed E-state index contributed by atoms with van der Waals surface area (Å²) >= 11 is 5.94. The normalized spacial score (nSPS) is 18.4. The third kappa shape index (κ3) is 3.64. The van der Waals surface area contributed by atoms with Crippen LogP contribution >= 0.6 is 11.6 Å².